The Balaban J connectivity index is 2.13. The average Bonchev–Trinajstić information content (AvgIpc) is 2.57. The molecule has 0 aliphatic carbocycles. The molecule has 9 heavy (non-hydrogen) atoms. The van der Waals surface area contributed by atoms with Crippen LogP contribution in [0.4, 0.5) is 0 Å². The molecule has 2 nitrogen and oxygen atoms in total. The van der Waals surface area contributed by atoms with E-state index < -0.39 is 0 Å². The van der Waals surface area contributed by atoms with Gasteiger partial charge in [0.2, 0.25) is 0 Å². The molecule has 0 bridgehead atoms. The Morgan fingerprint density at radius 2 is 2.00 bits per heavy atom. The molecule has 2 heterocycles. The molecular weight excluding hydrogens is 116 g/mol. The van der Waals surface area contributed by atoms with E-state index in [0.717, 1.165) is 13.2 Å². The molecule has 0 aromatic heterocycles. The predicted octanol–water partition coefficient (Wildman–Crippen LogP) is 0.810. The van der Waals surface area contributed by atoms with Crippen LogP contribution in [-0.2, 0) is 9.47 Å². The van der Waals surface area contributed by atoms with Crippen molar-refractivity contribution in [3.63, 3.8) is 0 Å². The molecule has 2 saturated heterocycles. The van der Waals surface area contributed by atoms with Gasteiger partial charge < -0.3 is 9.47 Å². The fourth-order valence-corrected chi connectivity index (χ4v) is 1.41. The highest BCUT2D eigenvalue weighted by Crippen LogP contribution is 2.43. The van der Waals surface area contributed by atoms with Crippen LogP contribution in [0.15, 0.2) is 0 Å². The van der Waals surface area contributed by atoms with Gasteiger partial charge in [0.05, 0.1) is 19.3 Å². The van der Waals surface area contributed by atoms with Gasteiger partial charge >= 0.3 is 0 Å². The van der Waals surface area contributed by atoms with Crippen LogP contribution in [0.2, 0.25) is 0 Å². The van der Waals surface area contributed by atoms with Crippen LogP contribution in [0.25, 0.3) is 0 Å². The van der Waals surface area contributed by atoms with E-state index in [1.165, 1.54) is 0 Å². The molecule has 3 unspecified atom stereocenters. The van der Waals surface area contributed by atoms with Gasteiger partial charge in [0.15, 0.2) is 0 Å². The Morgan fingerprint density at radius 1 is 1.33 bits per heavy atom. The van der Waals surface area contributed by atoms with E-state index in [2.05, 4.69) is 13.8 Å². The van der Waals surface area contributed by atoms with Crippen molar-refractivity contribution in [1.82, 2.24) is 0 Å². The lowest BCUT2D eigenvalue weighted by molar-refractivity contribution is 0.106. The van der Waals surface area contributed by atoms with E-state index in [4.69, 9.17) is 9.47 Å². The summed E-state index contributed by atoms with van der Waals surface area (Å²) in [7, 11) is 0. The van der Waals surface area contributed by atoms with Crippen molar-refractivity contribution in [3.05, 3.63) is 0 Å². The van der Waals surface area contributed by atoms with Crippen LogP contribution < -0.4 is 0 Å². The Labute approximate surface area is 55.1 Å². The monoisotopic (exact) mass is 128 g/mol. The normalized spacial score (nSPS) is 56.7. The first kappa shape index (κ1) is 5.69. The summed E-state index contributed by atoms with van der Waals surface area (Å²) in [5.41, 5.74) is 0.152. The van der Waals surface area contributed by atoms with Crippen LogP contribution in [0, 0.1) is 5.92 Å². The standard InChI is InChI=1S/C7H12O2/c1-5-6(2)8-3-7(5)4-9-7/h5-6H,3-4H2,1-2H3. The van der Waals surface area contributed by atoms with Crippen molar-refractivity contribution in [2.45, 2.75) is 25.6 Å². The minimum absolute atomic E-state index is 0.152. The summed E-state index contributed by atoms with van der Waals surface area (Å²) in [5, 5.41) is 0. The van der Waals surface area contributed by atoms with Crippen LogP contribution in [0.5, 0.6) is 0 Å². The van der Waals surface area contributed by atoms with E-state index in [1.54, 1.807) is 0 Å². The van der Waals surface area contributed by atoms with Gasteiger partial charge in [-0.05, 0) is 6.92 Å². The topological polar surface area (TPSA) is 21.8 Å². The summed E-state index contributed by atoms with van der Waals surface area (Å²) >= 11 is 0. The number of hydrogen-bond donors (Lipinski definition) is 0. The summed E-state index contributed by atoms with van der Waals surface area (Å²) in [5.74, 6) is 0.595. The second kappa shape index (κ2) is 1.50. The van der Waals surface area contributed by atoms with Crippen molar-refractivity contribution in [2.24, 2.45) is 5.92 Å². The first-order chi connectivity index (χ1) is 4.25. The Bertz CT molecular complexity index is 129. The maximum atomic E-state index is 5.42. The molecule has 2 aliphatic rings. The third-order valence-corrected chi connectivity index (χ3v) is 2.64. The van der Waals surface area contributed by atoms with Crippen LogP contribution >= 0.6 is 0 Å². The number of hydrogen-bond acceptors (Lipinski definition) is 2. The average molecular weight is 128 g/mol. The first-order valence-electron chi connectivity index (χ1n) is 3.50. The second-order valence-corrected chi connectivity index (χ2v) is 3.16. The third-order valence-electron chi connectivity index (χ3n) is 2.64. The SMILES string of the molecule is CC1OCC2(CO2)C1C. The number of ether oxygens (including phenoxy) is 2. The summed E-state index contributed by atoms with van der Waals surface area (Å²) in [6, 6.07) is 0. The second-order valence-electron chi connectivity index (χ2n) is 3.16. The molecule has 2 rings (SSSR count). The Morgan fingerprint density at radius 3 is 2.22 bits per heavy atom. The number of epoxide rings is 1. The van der Waals surface area contributed by atoms with Gasteiger partial charge in [-0.15, -0.1) is 0 Å². The molecule has 0 saturated carbocycles. The molecule has 52 valence electrons. The van der Waals surface area contributed by atoms with E-state index in [9.17, 15) is 0 Å². The van der Waals surface area contributed by atoms with Crippen molar-refractivity contribution < 1.29 is 9.47 Å². The number of rotatable bonds is 0. The first-order valence-corrected chi connectivity index (χ1v) is 3.50. The highest BCUT2D eigenvalue weighted by Gasteiger charge is 2.56. The van der Waals surface area contributed by atoms with Gasteiger partial charge in [-0.2, -0.15) is 0 Å². The highest BCUT2D eigenvalue weighted by molar-refractivity contribution is 5.02. The van der Waals surface area contributed by atoms with Gasteiger partial charge in [-0.3, -0.25) is 0 Å². The minimum Gasteiger partial charge on any atom is -0.375 e. The fourth-order valence-electron chi connectivity index (χ4n) is 1.41. The molecule has 0 N–H and O–H groups in total. The van der Waals surface area contributed by atoms with Crippen molar-refractivity contribution >= 4 is 0 Å². The van der Waals surface area contributed by atoms with E-state index >= 15 is 0 Å². The van der Waals surface area contributed by atoms with Gasteiger partial charge in [-0.1, -0.05) is 6.92 Å². The summed E-state index contributed by atoms with van der Waals surface area (Å²) < 4.78 is 10.7. The molecular formula is C7H12O2. The van der Waals surface area contributed by atoms with Gasteiger partial charge in [0, 0.05) is 5.92 Å². The molecule has 1 spiro atoms. The fraction of sp³-hybridized carbons (Fsp3) is 1.00. The molecule has 0 aromatic rings. The third kappa shape index (κ3) is 0.634. The summed E-state index contributed by atoms with van der Waals surface area (Å²) in [4.78, 5) is 0. The molecule has 2 heteroatoms. The van der Waals surface area contributed by atoms with Gasteiger partial charge in [0.25, 0.3) is 0 Å². The maximum absolute atomic E-state index is 5.42. The smallest absolute Gasteiger partial charge is 0.120 e. The van der Waals surface area contributed by atoms with Gasteiger partial charge in [-0.25, -0.2) is 0 Å². The van der Waals surface area contributed by atoms with Crippen LogP contribution in [-0.4, -0.2) is 24.9 Å². The van der Waals surface area contributed by atoms with E-state index in [-0.39, 0.29) is 5.60 Å². The van der Waals surface area contributed by atoms with Gasteiger partial charge in [0.1, 0.15) is 5.60 Å². The quantitative estimate of drug-likeness (QED) is 0.450. The van der Waals surface area contributed by atoms with Crippen molar-refractivity contribution in [3.8, 4) is 0 Å². The molecule has 0 aromatic carbocycles. The summed E-state index contributed by atoms with van der Waals surface area (Å²) in [6.07, 6.45) is 0.396. The zero-order valence-electron chi connectivity index (χ0n) is 5.89. The largest absolute Gasteiger partial charge is 0.375 e. The molecule has 0 amide bonds. The Kier molecular flexibility index (Phi) is 0.945. The predicted molar refractivity (Wildman–Crippen MR) is 33.3 cm³/mol. The Hall–Kier alpha value is -0.0800. The van der Waals surface area contributed by atoms with Crippen LogP contribution in [0.3, 0.4) is 0 Å². The van der Waals surface area contributed by atoms with E-state index in [0.29, 0.717) is 12.0 Å². The van der Waals surface area contributed by atoms with E-state index in [1.807, 2.05) is 0 Å². The summed E-state index contributed by atoms with van der Waals surface area (Å²) in [6.45, 7) is 6.04. The maximum Gasteiger partial charge on any atom is 0.120 e. The van der Waals surface area contributed by atoms with Crippen LogP contribution in [0.1, 0.15) is 13.8 Å². The molecule has 2 aliphatic heterocycles. The zero-order valence-corrected chi connectivity index (χ0v) is 5.89. The van der Waals surface area contributed by atoms with Crippen molar-refractivity contribution in [1.29, 1.82) is 0 Å². The minimum atomic E-state index is 0.152. The molecule has 2 fully saturated rings. The molecule has 0 radical (unpaired) electrons. The van der Waals surface area contributed by atoms with Crippen molar-refractivity contribution in [2.75, 3.05) is 13.2 Å². The lowest BCUT2D eigenvalue weighted by Gasteiger charge is -2.09. The zero-order chi connectivity index (χ0) is 6.48. The molecule has 3 atom stereocenters. The highest BCUT2D eigenvalue weighted by atomic mass is 16.6. The lowest BCUT2D eigenvalue weighted by Crippen LogP contribution is -2.21. The lowest BCUT2D eigenvalue weighted by atomic mass is 9.94.